The molecule has 0 bridgehead atoms. The molecule has 1 aliphatic rings. The third-order valence-electron chi connectivity index (χ3n) is 3.66. The average molecular weight is 304 g/mol. The van der Waals surface area contributed by atoms with Crippen molar-refractivity contribution in [2.75, 3.05) is 12.8 Å². The summed E-state index contributed by atoms with van der Waals surface area (Å²) >= 11 is 14.2. The molecule has 1 aliphatic carbocycles. The van der Waals surface area contributed by atoms with E-state index in [0.29, 0.717) is 15.8 Å². The smallest absolute Gasteiger partial charge is 0.0468 e. The zero-order valence-electron chi connectivity index (χ0n) is 10.8. The van der Waals surface area contributed by atoms with Gasteiger partial charge >= 0.3 is 0 Å². The monoisotopic (exact) mass is 303 g/mol. The Bertz CT molecular complexity index is 418. The SMILES string of the molecule is CCC(NCC1(SC)CC1)c1ccc(Cl)cc1Cl. The fraction of sp³-hybridized carbons (Fsp3) is 0.571. The molecule has 0 saturated heterocycles. The van der Waals surface area contributed by atoms with Crippen LogP contribution in [-0.4, -0.2) is 17.5 Å². The van der Waals surface area contributed by atoms with Crippen molar-refractivity contribution in [3.05, 3.63) is 33.8 Å². The summed E-state index contributed by atoms with van der Waals surface area (Å²) in [7, 11) is 0. The Morgan fingerprint density at radius 1 is 1.39 bits per heavy atom. The lowest BCUT2D eigenvalue weighted by Crippen LogP contribution is -2.29. The molecule has 0 aliphatic heterocycles. The molecule has 1 unspecified atom stereocenters. The number of hydrogen-bond donors (Lipinski definition) is 1. The molecule has 2 rings (SSSR count). The van der Waals surface area contributed by atoms with Crippen LogP contribution in [0.4, 0.5) is 0 Å². The van der Waals surface area contributed by atoms with Crippen LogP contribution in [0.2, 0.25) is 10.0 Å². The number of rotatable bonds is 6. The van der Waals surface area contributed by atoms with Crippen LogP contribution in [0.5, 0.6) is 0 Å². The van der Waals surface area contributed by atoms with Crippen molar-refractivity contribution < 1.29 is 0 Å². The summed E-state index contributed by atoms with van der Waals surface area (Å²) in [6.45, 7) is 3.24. The highest BCUT2D eigenvalue weighted by Crippen LogP contribution is 2.47. The van der Waals surface area contributed by atoms with Crippen molar-refractivity contribution in [3.8, 4) is 0 Å². The van der Waals surface area contributed by atoms with Gasteiger partial charge in [-0.1, -0.05) is 36.2 Å². The number of thioether (sulfide) groups is 1. The van der Waals surface area contributed by atoms with Crippen LogP contribution >= 0.6 is 35.0 Å². The zero-order valence-corrected chi connectivity index (χ0v) is 13.1. The quantitative estimate of drug-likeness (QED) is 0.799. The number of benzene rings is 1. The molecule has 0 spiro atoms. The molecule has 1 saturated carbocycles. The largest absolute Gasteiger partial charge is 0.309 e. The molecular formula is C14H19Cl2NS. The van der Waals surface area contributed by atoms with Crippen LogP contribution in [0.25, 0.3) is 0 Å². The number of halogens is 2. The second kappa shape index (κ2) is 6.04. The van der Waals surface area contributed by atoms with E-state index < -0.39 is 0 Å². The molecule has 18 heavy (non-hydrogen) atoms. The van der Waals surface area contributed by atoms with Crippen LogP contribution in [0, 0.1) is 0 Å². The molecule has 1 nitrogen and oxygen atoms in total. The van der Waals surface area contributed by atoms with Crippen LogP contribution < -0.4 is 5.32 Å². The van der Waals surface area contributed by atoms with Crippen LogP contribution in [-0.2, 0) is 0 Å². The molecule has 1 aromatic rings. The highest BCUT2D eigenvalue weighted by molar-refractivity contribution is 8.00. The minimum absolute atomic E-state index is 0.319. The van der Waals surface area contributed by atoms with E-state index in [9.17, 15) is 0 Å². The minimum atomic E-state index is 0.319. The van der Waals surface area contributed by atoms with Crippen LogP contribution in [0.15, 0.2) is 18.2 Å². The van der Waals surface area contributed by atoms with Gasteiger partial charge in [0.25, 0.3) is 0 Å². The summed E-state index contributed by atoms with van der Waals surface area (Å²) in [4.78, 5) is 0. The summed E-state index contributed by atoms with van der Waals surface area (Å²) < 4.78 is 0.478. The van der Waals surface area contributed by atoms with Gasteiger partial charge in [-0.25, -0.2) is 0 Å². The van der Waals surface area contributed by atoms with Gasteiger partial charge in [-0.05, 0) is 43.2 Å². The van der Waals surface area contributed by atoms with Gasteiger partial charge in [-0.15, -0.1) is 0 Å². The Labute approximate surface area is 124 Å². The van der Waals surface area contributed by atoms with Gasteiger partial charge in [0.2, 0.25) is 0 Å². The van der Waals surface area contributed by atoms with E-state index in [-0.39, 0.29) is 0 Å². The van der Waals surface area contributed by atoms with E-state index in [4.69, 9.17) is 23.2 Å². The topological polar surface area (TPSA) is 12.0 Å². The van der Waals surface area contributed by atoms with Crippen LogP contribution in [0.1, 0.15) is 37.8 Å². The van der Waals surface area contributed by atoms with Crippen molar-refractivity contribution >= 4 is 35.0 Å². The van der Waals surface area contributed by atoms with Gasteiger partial charge < -0.3 is 5.32 Å². The highest BCUT2D eigenvalue weighted by atomic mass is 35.5. The van der Waals surface area contributed by atoms with Gasteiger partial charge in [-0.3, -0.25) is 0 Å². The molecule has 1 N–H and O–H groups in total. The molecule has 1 atom stereocenters. The van der Waals surface area contributed by atoms with Crippen molar-refractivity contribution in [1.82, 2.24) is 5.32 Å². The Hall–Kier alpha value is 0.110. The molecule has 0 amide bonds. The normalized spacial score (nSPS) is 18.7. The van der Waals surface area contributed by atoms with Crippen molar-refractivity contribution in [2.45, 2.75) is 37.0 Å². The number of nitrogens with one attached hydrogen (secondary N) is 1. The maximum atomic E-state index is 6.27. The Kier molecular flexibility index (Phi) is 4.87. The molecule has 0 heterocycles. The standard InChI is InChI=1S/C14H19Cl2NS/c1-3-13(17-9-14(18-2)6-7-14)11-5-4-10(15)8-12(11)16/h4-5,8,13,17H,3,6-7,9H2,1-2H3. The fourth-order valence-electron chi connectivity index (χ4n) is 2.16. The van der Waals surface area contributed by atoms with Gasteiger partial charge in [0.05, 0.1) is 0 Å². The van der Waals surface area contributed by atoms with E-state index in [2.05, 4.69) is 18.5 Å². The lowest BCUT2D eigenvalue weighted by Gasteiger charge is -2.22. The highest BCUT2D eigenvalue weighted by Gasteiger charge is 2.41. The lowest BCUT2D eigenvalue weighted by atomic mass is 10.0. The molecule has 4 heteroatoms. The molecule has 1 aromatic carbocycles. The first-order chi connectivity index (χ1) is 8.60. The molecular weight excluding hydrogens is 285 g/mol. The summed E-state index contributed by atoms with van der Waals surface area (Å²) in [6, 6.07) is 6.09. The van der Waals surface area contributed by atoms with E-state index in [1.165, 1.54) is 12.8 Å². The Morgan fingerprint density at radius 2 is 2.11 bits per heavy atom. The summed E-state index contributed by atoms with van der Waals surface area (Å²) in [5.74, 6) is 0. The van der Waals surface area contributed by atoms with Gasteiger partial charge in [0.15, 0.2) is 0 Å². The Morgan fingerprint density at radius 3 is 2.61 bits per heavy atom. The predicted octanol–water partition coefficient (Wildman–Crippen LogP) is 4.93. The maximum absolute atomic E-state index is 6.27. The van der Waals surface area contributed by atoms with Crippen molar-refractivity contribution in [1.29, 1.82) is 0 Å². The third kappa shape index (κ3) is 3.36. The van der Waals surface area contributed by atoms with Crippen molar-refractivity contribution in [3.63, 3.8) is 0 Å². The second-order valence-electron chi connectivity index (χ2n) is 4.89. The van der Waals surface area contributed by atoms with E-state index >= 15 is 0 Å². The third-order valence-corrected chi connectivity index (χ3v) is 5.64. The van der Waals surface area contributed by atoms with Crippen molar-refractivity contribution in [2.24, 2.45) is 0 Å². The molecule has 1 fully saturated rings. The van der Waals surface area contributed by atoms with E-state index in [1.807, 2.05) is 30.0 Å². The summed E-state index contributed by atoms with van der Waals surface area (Å²) in [5, 5.41) is 5.11. The first kappa shape index (κ1) is 14.5. The van der Waals surface area contributed by atoms with E-state index in [1.54, 1.807) is 0 Å². The first-order valence-corrected chi connectivity index (χ1v) is 8.32. The summed E-state index contributed by atoms with van der Waals surface area (Å²) in [6.07, 6.45) is 5.88. The Balaban J connectivity index is 2.03. The van der Waals surface area contributed by atoms with Gasteiger partial charge in [0, 0.05) is 27.4 Å². The fourth-order valence-corrected chi connectivity index (χ4v) is 3.44. The first-order valence-electron chi connectivity index (χ1n) is 6.34. The predicted molar refractivity (Wildman–Crippen MR) is 83.0 cm³/mol. The van der Waals surface area contributed by atoms with E-state index in [0.717, 1.165) is 23.6 Å². The molecule has 0 radical (unpaired) electrons. The minimum Gasteiger partial charge on any atom is -0.309 e. The molecule has 100 valence electrons. The second-order valence-corrected chi connectivity index (χ2v) is 7.01. The van der Waals surface area contributed by atoms with Gasteiger partial charge in [0.1, 0.15) is 0 Å². The van der Waals surface area contributed by atoms with Crippen LogP contribution in [0.3, 0.4) is 0 Å². The lowest BCUT2D eigenvalue weighted by molar-refractivity contribution is 0.513. The summed E-state index contributed by atoms with van der Waals surface area (Å²) in [5.41, 5.74) is 1.15. The van der Waals surface area contributed by atoms with Gasteiger partial charge in [-0.2, -0.15) is 11.8 Å². The maximum Gasteiger partial charge on any atom is 0.0468 e. The molecule has 0 aromatic heterocycles. The zero-order chi connectivity index (χ0) is 13.2. The number of hydrogen-bond acceptors (Lipinski definition) is 2. The average Bonchev–Trinajstić information content (AvgIpc) is 3.13.